The first-order valence-electron chi connectivity index (χ1n) is 5.34. The minimum absolute atomic E-state index is 0.443. The van der Waals surface area contributed by atoms with Gasteiger partial charge in [-0.05, 0) is 25.8 Å². The summed E-state index contributed by atoms with van der Waals surface area (Å²) in [4.78, 5) is 8.15. The van der Waals surface area contributed by atoms with Crippen LogP contribution in [-0.4, -0.2) is 17.0 Å². The molecule has 1 saturated carbocycles. The van der Waals surface area contributed by atoms with Crippen molar-refractivity contribution in [2.24, 2.45) is 5.92 Å². The fourth-order valence-corrected chi connectivity index (χ4v) is 2.44. The lowest BCUT2D eigenvalue weighted by Gasteiger charge is -2.22. The highest BCUT2D eigenvalue weighted by atomic mass is 14.9. The van der Waals surface area contributed by atoms with E-state index in [0.29, 0.717) is 6.04 Å². The van der Waals surface area contributed by atoms with Crippen LogP contribution in [0.5, 0.6) is 0 Å². The third kappa shape index (κ3) is 1.93. The molecule has 1 aliphatic rings. The molecule has 0 bridgehead atoms. The summed E-state index contributed by atoms with van der Waals surface area (Å²) in [6.07, 6.45) is 10.8. The summed E-state index contributed by atoms with van der Waals surface area (Å²) in [5.74, 6) is 0.769. The minimum Gasteiger partial charge on any atom is -0.313 e. The number of nitrogens with zero attached hydrogens (tertiary/aromatic N) is 2. The molecule has 3 heteroatoms. The van der Waals surface area contributed by atoms with Gasteiger partial charge in [-0.2, -0.15) is 0 Å². The van der Waals surface area contributed by atoms with E-state index in [1.165, 1.54) is 31.2 Å². The largest absolute Gasteiger partial charge is 0.313 e. The van der Waals surface area contributed by atoms with Gasteiger partial charge in [-0.15, -0.1) is 0 Å². The highest BCUT2D eigenvalue weighted by Gasteiger charge is 2.25. The van der Waals surface area contributed by atoms with Crippen LogP contribution in [0.15, 0.2) is 18.7 Å². The Kier molecular flexibility index (Phi) is 3.09. The van der Waals surface area contributed by atoms with E-state index in [2.05, 4.69) is 15.3 Å². The second-order valence-corrected chi connectivity index (χ2v) is 3.98. The van der Waals surface area contributed by atoms with Gasteiger partial charge in [0.05, 0.1) is 0 Å². The van der Waals surface area contributed by atoms with Crippen molar-refractivity contribution in [3.63, 3.8) is 0 Å². The molecule has 3 nitrogen and oxygen atoms in total. The Morgan fingerprint density at radius 3 is 2.50 bits per heavy atom. The topological polar surface area (TPSA) is 37.8 Å². The van der Waals surface area contributed by atoms with E-state index in [9.17, 15) is 0 Å². The average molecular weight is 191 g/mol. The molecule has 1 aliphatic carbocycles. The van der Waals surface area contributed by atoms with Crippen LogP contribution in [0.2, 0.25) is 0 Å². The van der Waals surface area contributed by atoms with Gasteiger partial charge in [-0.1, -0.05) is 12.8 Å². The Labute approximate surface area is 85.0 Å². The maximum atomic E-state index is 4.07. The van der Waals surface area contributed by atoms with E-state index < -0.39 is 0 Å². The van der Waals surface area contributed by atoms with Gasteiger partial charge in [0.15, 0.2) is 0 Å². The van der Waals surface area contributed by atoms with Crippen LogP contribution in [0.3, 0.4) is 0 Å². The SMILES string of the molecule is CNC(c1cncnc1)C1CCCC1. The van der Waals surface area contributed by atoms with E-state index in [-0.39, 0.29) is 0 Å². The smallest absolute Gasteiger partial charge is 0.115 e. The van der Waals surface area contributed by atoms with Crippen molar-refractivity contribution in [2.75, 3.05) is 7.05 Å². The first-order chi connectivity index (χ1) is 6.92. The van der Waals surface area contributed by atoms with Gasteiger partial charge < -0.3 is 5.32 Å². The number of rotatable bonds is 3. The highest BCUT2D eigenvalue weighted by Crippen LogP contribution is 2.34. The first-order valence-corrected chi connectivity index (χ1v) is 5.34. The standard InChI is InChI=1S/C11H17N3/c1-12-11(9-4-2-3-5-9)10-6-13-8-14-7-10/h6-9,11-12H,2-5H2,1H3. The molecule has 1 unspecified atom stereocenters. The van der Waals surface area contributed by atoms with Crippen LogP contribution in [0.1, 0.15) is 37.3 Å². The molecule has 0 saturated heterocycles. The second-order valence-electron chi connectivity index (χ2n) is 3.98. The molecule has 2 rings (SSSR count). The van der Waals surface area contributed by atoms with Gasteiger partial charge in [-0.25, -0.2) is 9.97 Å². The minimum atomic E-state index is 0.443. The van der Waals surface area contributed by atoms with Crippen molar-refractivity contribution < 1.29 is 0 Å². The predicted molar refractivity (Wildman–Crippen MR) is 55.8 cm³/mol. The van der Waals surface area contributed by atoms with Crippen LogP contribution in [0.25, 0.3) is 0 Å². The molecule has 1 fully saturated rings. The van der Waals surface area contributed by atoms with Gasteiger partial charge in [0, 0.05) is 24.0 Å². The third-order valence-electron chi connectivity index (χ3n) is 3.12. The fourth-order valence-electron chi connectivity index (χ4n) is 2.44. The lowest BCUT2D eigenvalue weighted by atomic mass is 9.93. The average Bonchev–Trinajstić information content (AvgIpc) is 2.74. The molecule has 0 spiro atoms. The summed E-state index contributed by atoms with van der Waals surface area (Å²) in [5.41, 5.74) is 1.22. The molecule has 14 heavy (non-hydrogen) atoms. The van der Waals surface area contributed by atoms with Gasteiger partial charge in [0.1, 0.15) is 6.33 Å². The zero-order valence-corrected chi connectivity index (χ0v) is 8.61. The van der Waals surface area contributed by atoms with E-state index in [4.69, 9.17) is 0 Å². The van der Waals surface area contributed by atoms with Gasteiger partial charge >= 0.3 is 0 Å². The van der Waals surface area contributed by atoms with E-state index in [0.717, 1.165) is 5.92 Å². The Bertz CT molecular complexity index is 267. The number of aromatic nitrogens is 2. The molecule has 0 radical (unpaired) electrons. The van der Waals surface area contributed by atoms with Crippen LogP contribution in [0.4, 0.5) is 0 Å². The van der Waals surface area contributed by atoms with Crippen LogP contribution in [0, 0.1) is 5.92 Å². The Hall–Kier alpha value is -0.960. The summed E-state index contributed by atoms with van der Waals surface area (Å²) < 4.78 is 0. The number of nitrogens with one attached hydrogen (secondary N) is 1. The van der Waals surface area contributed by atoms with Gasteiger partial charge in [-0.3, -0.25) is 0 Å². The summed E-state index contributed by atoms with van der Waals surface area (Å²) in [7, 11) is 2.02. The second kappa shape index (κ2) is 4.51. The Balaban J connectivity index is 2.12. The molecule has 76 valence electrons. The van der Waals surface area contributed by atoms with Crippen molar-refractivity contribution in [3.05, 3.63) is 24.3 Å². The number of hydrogen-bond acceptors (Lipinski definition) is 3. The lowest BCUT2D eigenvalue weighted by Crippen LogP contribution is -2.23. The van der Waals surface area contributed by atoms with E-state index >= 15 is 0 Å². The van der Waals surface area contributed by atoms with Crippen LogP contribution < -0.4 is 5.32 Å². The van der Waals surface area contributed by atoms with Crippen LogP contribution in [-0.2, 0) is 0 Å². The van der Waals surface area contributed by atoms with Crippen LogP contribution >= 0.6 is 0 Å². The zero-order chi connectivity index (χ0) is 9.80. The van der Waals surface area contributed by atoms with Crippen molar-refractivity contribution in [3.8, 4) is 0 Å². The van der Waals surface area contributed by atoms with Crippen molar-refractivity contribution >= 4 is 0 Å². The monoisotopic (exact) mass is 191 g/mol. The summed E-state index contributed by atoms with van der Waals surface area (Å²) in [5, 5.41) is 3.38. The van der Waals surface area contributed by atoms with E-state index in [1.807, 2.05) is 19.4 Å². The maximum Gasteiger partial charge on any atom is 0.115 e. The summed E-state index contributed by atoms with van der Waals surface area (Å²) in [6.45, 7) is 0. The first kappa shape index (κ1) is 9.59. The van der Waals surface area contributed by atoms with Gasteiger partial charge in [0.2, 0.25) is 0 Å². The summed E-state index contributed by atoms with van der Waals surface area (Å²) >= 11 is 0. The van der Waals surface area contributed by atoms with Gasteiger partial charge in [0.25, 0.3) is 0 Å². The lowest BCUT2D eigenvalue weighted by molar-refractivity contribution is 0.388. The Morgan fingerprint density at radius 2 is 1.93 bits per heavy atom. The van der Waals surface area contributed by atoms with Crippen molar-refractivity contribution in [1.29, 1.82) is 0 Å². The van der Waals surface area contributed by atoms with Crippen molar-refractivity contribution in [1.82, 2.24) is 15.3 Å². The molecule has 1 aromatic rings. The molecule has 0 amide bonds. The fraction of sp³-hybridized carbons (Fsp3) is 0.636. The zero-order valence-electron chi connectivity index (χ0n) is 8.61. The third-order valence-corrected chi connectivity index (χ3v) is 3.12. The number of hydrogen-bond donors (Lipinski definition) is 1. The molecule has 1 atom stereocenters. The molecular weight excluding hydrogens is 174 g/mol. The van der Waals surface area contributed by atoms with Crippen molar-refractivity contribution in [2.45, 2.75) is 31.7 Å². The predicted octanol–water partition coefficient (Wildman–Crippen LogP) is 1.93. The quantitative estimate of drug-likeness (QED) is 0.793. The normalized spacial score (nSPS) is 19.8. The maximum absolute atomic E-state index is 4.07. The molecule has 1 heterocycles. The molecule has 0 aromatic carbocycles. The highest BCUT2D eigenvalue weighted by molar-refractivity contribution is 5.11. The molecular formula is C11H17N3. The van der Waals surface area contributed by atoms with E-state index in [1.54, 1.807) is 6.33 Å². The molecule has 1 N–H and O–H groups in total. The molecule has 1 aromatic heterocycles. The summed E-state index contributed by atoms with van der Waals surface area (Å²) in [6, 6.07) is 0.443. The molecule has 0 aliphatic heterocycles. The Morgan fingerprint density at radius 1 is 1.29 bits per heavy atom.